The highest BCUT2D eigenvalue weighted by Crippen LogP contribution is 2.49. The molecule has 0 saturated carbocycles. The van der Waals surface area contributed by atoms with E-state index in [9.17, 15) is 9.36 Å². The number of hydrogen-bond acceptors (Lipinski definition) is 5. The Morgan fingerprint density at radius 3 is 1.93 bits per heavy atom. The van der Waals surface area contributed by atoms with Gasteiger partial charge in [-0.15, -0.1) is 0 Å². The molecule has 0 aliphatic carbocycles. The van der Waals surface area contributed by atoms with Gasteiger partial charge in [0.25, 0.3) is 0 Å². The average molecular weight is 226 g/mol. The number of rotatable bonds is 7. The Labute approximate surface area is 82.8 Å². The molecule has 0 spiro atoms. The minimum atomic E-state index is -3.91. The molecule has 0 saturated heterocycles. The van der Waals surface area contributed by atoms with E-state index in [1.165, 1.54) is 0 Å². The molecule has 0 heterocycles. The van der Waals surface area contributed by atoms with Crippen LogP contribution in [0.4, 0.5) is 4.79 Å². The predicted octanol–water partition coefficient (Wildman–Crippen LogP) is 2.64. The van der Waals surface area contributed by atoms with Crippen LogP contribution in [0.2, 0.25) is 0 Å². The lowest BCUT2D eigenvalue weighted by atomic mass is 10.5. The standard InChI is InChI=1S/C7H15O6P/c1-3-5-11-14(10,12-6-4-2)13-7(8)9/h3-6H2,1-2H3,(H,8,9). The third-order valence-electron chi connectivity index (χ3n) is 1.10. The van der Waals surface area contributed by atoms with Gasteiger partial charge in [-0.25, -0.2) is 9.36 Å². The van der Waals surface area contributed by atoms with Crippen LogP contribution in [0.3, 0.4) is 0 Å². The zero-order chi connectivity index (χ0) is 11.0. The smallest absolute Gasteiger partial charge is 0.449 e. The Hall–Kier alpha value is -0.580. The minimum Gasteiger partial charge on any atom is -0.449 e. The third-order valence-corrected chi connectivity index (χ3v) is 2.47. The number of phosphoric ester groups is 1. The zero-order valence-electron chi connectivity index (χ0n) is 8.26. The van der Waals surface area contributed by atoms with Crippen molar-refractivity contribution in [1.29, 1.82) is 0 Å². The van der Waals surface area contributed by atoms with Gasteiger partial charge in [-0.3, -0.25) is 9.05 Å². The summed E-state index contributed by atoms with van der Waals surface area (Å²) < 4.78 is 25.0. The average Bonchev–Trinajstić information content (AvgIpc) is 2.11. The van der Waals surface area contributed by atoms with E-state index in [1.54, 1.807) is 13.8 Å². The van der Waals surface area contributed by atoms with Crippen LogP contribution < -0.4 is 0 Å². The molecule has 0 radical (unpaired) electrons. The van der Waals surface area contributed by atoms with Crippen molar-refractivity contribution in [1.82, 2.24) is 0 Å². The fraction of sp³-hybridized carbons (Fsp3) is 0.857. The number of phosphoric acid groups is 1. The van der Waals surface area contributed by atoms with Crippen molar-refractivity contribution in [2.24, 2.45) is 0 Å². The van der Waals surface area contributed by atoms with Crippen LogP contribution in [-0.2, 0) is 18.1 Å². The van der Waals surface area contributed by atoms with Crippen molar-refractivity contribution in [3.63, 3.8) is 0 Å². The summed E-state index contributed by atoms with van der Waals surface area (Å²) in [5.74, 6) is 0. The van der Waals surface area contributed by atoms with E-state index in [4.69, 9.17) is 14.2 Å². The molecule has 0 unspecified atom stereocenters. The van der Waals surface area contributed by atoms with E-state index in [-0.39, 0.29) is 13.2 Å². The van der Waals surface area contributed by atoms with Crippen LogP contribution in [0.15, 0.2) is 0 Å². The summed E-state index contributed by atoms with van der Waals surface area (Å²) >= 11 is 0. The molecule has 0 amide bonds. The van der Waals surface area contributed by atoms with Gasteiger partial charge >= 0.3 is 14.0 Å². The fourth-order valence-corrected chi connectivity index (χ4v) is 1.78. The highest BCUT2D eigenvalue weighted by atomic mass is 31.2. The molecular weight excluding hydrogens is 211 g/mol. The topological polar surface area (TPSA) is 82.1 Å². The van der Waals surface area contributed by atoms with Crippen LogP contribution in [-0.4, -0.2) is 24.5 Å². The Morgan fingerprint density at radius 2 is 1.64 bits per heavy atom. The van der Waals surface area contributed by atoms with Crippen LogP contribution in [0.25, 0.3) is 0 Å². The highest BCUT2D eigenvalue weighted by molar-refractivity contribution is 7.49. The Kier molecular flexibility index (Phi) is 6.53. The van der Waals surface area contributed by atoms with Gasteiger partial charge in [-0.05, 0) is 12.8 Å². The maximum absolute atomic E-state index is 11.5. The molecule has 6 nitrogen and oxygen atoms in total. The summed E-state index contributed by atoms with van der Waals surface area (Å²) in [4.78, 5) is 10.2. The van der Waals surface area contributed by atoms with E-state index in [2.05, 4.69) is 4.52 Å². The summed E-state index contributed by atoms with van der Waals surface area (Å²) in [5, 5.41) is 8.29. The predicted molar refractivity (Wildman–Crippen MR) is 49.2 cm³/mol. The first-order valence-corrected chi connectivity index (χ1v) is 5.81. The maximum Gasteiger partial charge on any atom is 0.534 e. The van der Waals surface area contributed by atoms with Crippen molar-refractivity contribution in [2.75, 3.05) is 13.2 Å². The van der Waals surface area contributed by atoms with Gasteiger partial charge in [-0.2, -0.15) is 0 Å². The molecule has 14 heavy (non-hydrogen) atoms. The Bertz CT molecular complexity index is 204. The summed E-state index contributed by atoms with van der Waals surface area (Å²) in [6, 6.07) is 0. The van der Waals surface area contributed by atoms with Gasteiger partial charge in [0.15, 0.2) is 0 Å². The first-order chi connectivity index (χ1) is 6.54. The molecule has 0 aromatic carbocycles. The second-order valence-corrected chi connectivity index (χ2v) is 4.06. The Morgan fingerprint density at radius 1 is 1.21 bits per heavy atom. The molecule has 1 N–H and O–H groups in total. The van der Waals surface area contributed by atoms with E-state index in [0.29, 0.717) is 12.8 Å². The van der Waals surface area contributed by atoms with Gasteiger partial charge < -0.3 is 9.63 Å². The van der Waals surface area contributed by atoms with Crippen molar-refractivity contribution in [3.05, 3.63) is 0 Å². The van der Waals surface area contributed by atoms with Gasteiger partial charge in [0.1, 0.15) is 0 Å². The first-order valence-electron chi connectivity index (χ1n) is 4.35. The fourth-order valence-electron chi connectivity index (χ4n) is 0.592. The van der Waals surface area contributed by atoms with E-state index < -0.39 is 14.0 Å². The van der Waals surface area contributed by atoms with Crippen LogP contribution >= 0.6 is 7.82 Å². The maximum atomic E-state index is 11.5. The lowest BCUT2D eigenvalue weighted by molar-refractivity contribution is 0.0956. The van der Waals surface area contributed by atoms with Gasteiger partial charge in [-0.1, -0.05) is 13.8 Å². The van der Waals surface area contributed by atoms with E-state index >= 15 is 0 Å². The molecule has 0 fully saturated rings. The van der Waals surface area contributed by atoms with E-state index in [1.807, 2.05) is 0 Å². The van der Waals surface area contributed by atoms with Crippen molar-refractivity contribution in [2.45, 2.75) is 26.7 Å². The van der Waals surface area contributed by atoms with Crippen molar-refractivity contribution >= 4 is 14.0 Å². The summed E-state index contributed by atoms with van der Waals surface area (Å²) in [6.07, 6.45) is -0.467. The largest absolute Gasteiger partial charge is 0.534 e. The van der Waals surface area contributed by atoms with Gasteiger partial charge in [0.2, 0.25) is 0 Å². The molecule has 0 aliphatic heterocycles. The normalized spacial score (nSPS) is 11.3. The van der Waals surface area contributed by atoms with E-state index in [0.717, 1.165) is 0 Å². The van der Waals surface area contributed by atoms with Crippen LogP contribution in [0, 0.1) is 0 Å². The SMILES string of the molecule is CCCOP(=O)(OCCC)OC(=O)O. The number of carboxylic acid groups (broad SMARTS) is 1. The van der Waals surface area contributed by atoms with Crippen molar-refractivity contribution in [3.8, 4) is 0 Å². The molecule has 0 atom stereocenters. The van der Waals surface area contributed by atoms with Gasteiger partial charge in [0.05, 0.1) is 13.2 Å². The molecule has 0 aliphatic rings. The van der Waals surface area contributed by atoms with Gasteiger partial charge in [0, 0.05) is 0 Å². The molecule has 0 rings (SSSR count). The molecule has 84 valence electrons. The lowest BCUT2D eigenvalue weighted by Crippen LogP contribution is -2.05. The molecule has 0 aromatic rings. The van der Waals surface area contributed by atoms with Crippen molar-refractivity contribution < 1.29 is 28.0 Å². The number of hydrogen-bond donors (Lipinski definition) is 1. The minimum absolute atomic E-state index is 0.133. The quantitative estimate of drug-likeness (QED) is 0.672. The molecule has 7 heteroatoms. The van der Waals surface area contributed by atoms with Crippen LogP contribution in [0.1, 0.15) is 26.7 Å². The third kappa shape index (κ3) is 5.96. The lowest BCUT2D eigenvalue weighted by Gasteiger charge is -2.14. The first kappa shape index (κ1) is 13.4. The second-order valence-electron chi connectivity index (χ2n) is 2.47. The monoisotopic (exact) mass is 226 g/mol. The summed E-state index contributed by atoms with van der Waals surface area (Å²) in [5.41, 5.74) is 0. The molecule has 0 bridgehead atoms. The zero-order valence-corrected chi connectivity index (χ0v) is 9.16. The van der Waals surface area contributed by atoms with Crippen LogP contribution in [0.5, 0.6) is 0 Å². The summed E-state index contributed by atoms with van der Waals surface area (Å²) in [7, 11) is -3.91. The highest BCUT2D eigenvalue weighted by Gasteiger charge is 2.30. The Balaban J connectivity index is 4.18. The number of carbonyl (C=O) groups is 1. The second kappa shape index (κ2) is 6.81. The molecular formula is C7H15O6P. The summed E-state index contributed by atoms with van der Waals surface area (Å²) in [6.45, 7) is 3.86. The molecule has 0 aromatic heterocycles.